The number of nitrogens with zero attached hydrogens (tertiary/aromatic N) is 1. The van der Waals surface area contributed by atoms with Gasteiger partial charge in [0.15, 0.2) is 0 Å². The monoisotopic (exact) mass is 264 g/mol. The number of rotatable bonds is 6. The van der Waals surface area contributed by atoms with Gasteiger partial charge in [-0.15, -0.1) is 0 Å². The van der Waals surface area contributed by atoms with Crippen LogP contribution in [0.5, 0.6) is 5.75 Å². The molecular weight excluding hydrogens is 240 g/mol. The van der Waals surface area contributed by atoms with Crippen LogP contribution in [0.4, 0.5) is 0 Å². The number of ether oxygens (including phenoxy) is 1. The summed E-state index contributed by atoms with van der Waals surface area (Å²) in [5.74, 6) is 1.16. The van der Waals surface area contributed by atoms with E-state index in [4.69, 9.17) is 15.7 Å². The van der Waals surface area contributed by atoms with Gasteiger partial charge in [-0.1, -0.05) is 38.1 Å². The molecule has 0 heterocycles. The summed E-state index contributed by atoms with van der Waals surface area (Å²) < 4.78 is 5.65. The van der Waals surface area contributed by atoms with Crippen LogP contribution in [0.2, 0.25) is 0 Å². The second-order valence-corrected chi connectivity index (χ2v) is 5.67. The Kier molecular flexibility index (Phi) is 5.67. The van der Waals surface area contributed by atoms with Crippen molar-refractivity contribution < 1.29 is 9.94 Å². The van der Waals surface area contributed by atoms with Crippen molar-refractivity contribution in [3.63, 3.8) is 0 Å². The van der Waals surface area contributed by atoms with Crippen LogP contribution < -0.4 is 10.5 Å². The molecule has 0 amide bonds. The van der Waals surface area contributed by atoms with Crippen molar-refractivity contribution in [2.75, 3.05) is 6.61 Å². The summed E-state index contributed by atoms with van der Waals surface area (Å²) in [6, 6.07) is 8.21. The first-order chi connectivity index (χ1) is 8.93. The van der Waals surface area contributed by atoms with E-state index < -0.39 is 0 Å². The van der Waals surface area contributed by atoms with Crippen LogP contribution in [0.25, 0.3) is 0 Å². The lowest BCUT2D eigenvalue weighted by molar-refractivity contribution is 0.304. The molecule has 1 aromatic carbocycles. The van der Waals surface area contributed by atoms with Gasteiger partial charge in [0.2, 0.25) is 0 Å². The minimum atomic E-state index is 0.166. The van der Waals surface area contributed by atoms with E-state index in [9.17, 15) is 0 Å². The van der Waals surface area contributed by atoms with E-state index in [1.165, 1.54) is 5.56 Å². The third-order valence-electron chi connectivity index (χ3n) is 2.94. The zero-order valence-electron chi connectivity index (χ0n) is 12.0. The molecule has 0 saturated heterocycles. The number of amidine groups is 1. The van der Waals surface area contributed by atoms with Gasteiger partial charge in [-0.25, -0.2) is 0 Å². The Labute approximate surface area is 115 Å². The topological polar surface area (TPSA) is 67.8 Å². The van der Waals surface area contributed by atoms with Crippen molar-refractivity contribution >= 4 is 5.84 Å². The number of unbranched alkanes of at least 4 members (excludes halogenated alkanes) is 1. The van der Waals surface area contributed by atoms with Crippen molar-refractivity contribution in [3.8, 4) is 5.75 Å². The fourth-order valence-corrected chi connectivity index (χ4v) is 1.70. The normalized spacial score (nSPS) is 12.5. The molecule has 0 fully saturated rings. The molecule has 3 N–H and O–H groups in total. The molecule has 0 aromatic heterocycles. The summed E-state index contributed by atoms with van der Waals surface area (Å²) in [6.45, 7) is 7.22. The largest absolute Gasteiger partial charge is 0.494 e. The summed E-state index contributed by atoms with van der Waals surface area (Å²) in [6.07, 6.45) is 2.34. The van der Waals surface area contributed by atoms with Crippen LogP contribution >= 0.6 is 0 Å². The van der Waals surface area contributed by atoms with Gasteiger partial charge in [-0.3, -0.25) is 0 Å². The molecule has 19 heavy (non-hydrogen) atoms. The predicted molar refractivity (Wildman–Crippen MR) is 77.9 cm³/mol. The third-order valence-corrected chi connectivity index (χ3v) is 2.94. The number of hydrogen-bond donors (Lipinski definition) is 2. The van der Waals surface area contributed by atoms with Gasteiger partial charge >= 0.3 is 0 Å². The molecule has 1 rings (SSSR count). The molecule has 1 aromatic rings. The number of hydrogen-bond acceptors (Lipinski definition) is 3. The van der Waals surface area contributed by atoms with Gasteiger partial charge in [0.25, 0.3) is 0 Å². The molecule has 106 valence electrons. The smallest absolute Gasteiger partial charge is 0.139 e. The van der Waals surface area contributed by atoms with Crippen molar-refractivity contribution in [1.82, 2.24) is 0 Å². The molecule has 4 heteroatoms. The molecular formula is C15H24N2O2. The number of oxime groups is 1. The van der Waals surface area contributed by atoms with Crippen molar-refractivity contribution in [1.29, 1.82) is 0 Å². The summed E-state index contributed by atoms with van der Waals surface area (Å²) in [4.78, 5) is 0. The van der Waals surface area contributed by atoms with Gasteiger partial charge in [0.1, 0.15) is 11.6 Å². The standard InChI is InChI=1S/C15H24N2O2/c1-15(2,3)12-7-9-13(10-8-12)19-11-5-4-6-14(16)17-18/h7-10,18H,4-6,11H2,1-3H3,(H2,16,17). The maximum absolute atomic E-state index is 8.39. The Hall–Kier alpha value is -1.71. The average molecular weight is 264 g/mol. The van der Waals surface area contributed by atoms with Crippen molar-refractivity contribution in [2.45, 2.75) is 45.4 Å². The van der Waals surface area contributed by atoms with E-state index in [0.717, 1.165) is 18.6 Å². The maximum Gasteiger partial charge on any atom is 0.139 e. The van der Waals surface area contributed by atoms with E-state index in [0.29, 0.717) is 13.0 Å². The highest BCUT2D eigenvalue weighted by atomic mass is 16.5. The molecule has 0 radical (unpaired) electrons. The molecule has 0 aliphatic heterocycles. The van der Waals surface area contributed by atoms with Gasteiger partial charge in [0, 0.05) is 6.42 Å². The molecule has 4 nitrogen and oxygen atoms in total. The first-order valence-electron chi connectivity index (χ1n) is 6.63. The third kappa shape index (κ3) is 5.64. The van der Waals surface area contributed by atoms with E-state index >= 15 is 0 Å². The highest BCUT2D eigenvalue weighted by Crippen LogP contribution is 2.24. The van der Waals surface area contributed by atoms with Crippen LogP contribution in [0, 0.1) is 0 Å². The Morgan fingerprint density at radius 1 is 1.21 bits per heavy atom. The van der Waals surface area contributed by atoms with E-state index in [1.807, 2.05) is 12.1 Å². The zero-order chi connectivity index (χ0) is 14.3. The minimum Gasteiger partial charge on any atom is -0.494 e. The second-order valence-electron chi connectivity index (χ2n) is 5.67. The van der Waals surface area contributed by atoms with Crippen molar-refractivity contribution in [2.24, 2.45) is 10.9 Å². The predicted octanol–water partition coefficient (Wildman–Crippen LogP) is 3.28. The molecule has 0 aliphatic rings. The quantitative estimate of drug-likeness (QED) is 0.272. The highest BCUT2D eigenvalue weighted by molar-refractivity contribution is 5.79. The van der Waals surface area contributed by atoms with Crippen LogP contribution in [0.3, 0.4) is 0 Å². The Morgan fingerprint density at radius 3 is 2.37 bits per heavy atom. The minimum absolute atomic E-state index is 0.166. The SMILES string of the molecule is CC(C)(C)c1ccc(OCCCCC(N)=NO)cc1. The first kappa shape index (κ1) is 15.3. The fraction of sp³-hybridized carbons (Fsp3) is 0.533. The van der Waals surface area contributed by atoms with Gasteiger partial charge < -0.3 is 15.7 Å². The van der Waals surface area contributed by atoms with Gasteiger partial charge in [0.05, 0.1) is 6.61 Å². The maximum atomic E-state index is 8.39. The van der Waals surface area contributed by atoms with Gasteiger partial charge in [-0.05, 0) is 36.0 Å². The number of benzene rings is 1. The van der Waals surface area contributed by atoms with Gasteiger partial charge in [-0.2, -0.15) is 0 Å². The fourth-order valence-electron chi connectivity index (χ4n) is 1.70. The Balaban J connectivity index is 2.31. The van der Waals surface area contributed by atoms with E-state index in [-0.39, 0.29) is 11.3 Å². The molecule has 0 unspecified atom stereocenters. The molecule has 0 spiro atoms. The van der Waals surface area contributed by atoms with E-state index in [2.05, 4.69) is 38.1 Å². The van der Waals surface area contributed by atoms with Crippen LogP contribution in [-0.4, -0.2) is 17.6 Å². The van der Waals surface area contributed by atoms with Crippen LogP contribution in [0.1, 0.15) is 45.6 Å². The summed E-state index contributed by atoms with van der Waals surface area (Å²) in [7, 11) is 0. The zero-order valence-corrected chi connectivity index (χ0v) is 12.0. The average Bonchev–Trinajstić information content (AvgIpc) is 2.37. The molecule has 0 saturated carbocycles. The highest BCUT2D eigenvalue weighted by Gasteiger charge is 2.12. The lowest BCUT2D eigenvalue weighted by Gasteiger charge is -2.19. The molecule has 0 atom stereocenters. The summed E-state index contributed by atoms with van der Waals surface area (Å²) in [5.41, 5.74) is 6.85. The first-order valence-corrected chi connectivity index (χ1v) is 6.63. The number of nitrogens with two attached hydrogens (primary N) is 1. The van der Waals surface area contributed by atoms with Crippen LogP contribution in [0.15, 0.2) is 29.4 Å². The van der Waals surface area contributed by atoms with Crippen molar-refractivity contribution in [3.05, 3.63) is 29.8 Å². The lowest BCUT2D eigenvalue weighted by atomic mass is 9.87. The van der Waals surface area contributed by atoms with E-state index in [1.54, 1.807) is 0 Å². The Bertz CT molecular complexity index is 405. The van der Waals surface area contributed by atoms with Crippen LogP contribution in [-0.2, 0) is 5.41 Å². The second kappa shape index (κ2) is 7.02. The molecule has 0 aliphatic carbocycles. The molecule has 0 bridgehead atoms. The lowest BCUT2D eigenvalue weighted by Crippen LogP contribution is -2.11. The summed E-state index contributed by atoms with van der Waals surface area (Å²) in [5, 5.41) is 11.3. The Morgan fingerprint density at radius 2 is 1.84 bits per heavy atom. The summed E-state index contributed by atoms with van der Waals surface area (Å²) >= 11 is 0.